The van der Waals surface area contributed by atoms with Gasteiger partial charge in [0.25, 0.3) is 0 Å². The minimum absolute atomic E-state index is 0.153. The lowest BCUT2D eigenvalue weighted by Crippen LogP contribution is -2.34. The number of anilines is 2. The number of aryl methyl sites for hydroxylation is 1. The minimum Gasteiger partial charge on any atom is -0.392 e. The molecule has 0 aliphatic rings. The van der Waals surface area contributed by atoms with Gasteiger partial charge >= 0.3 is 6.03 Å². The predicted molar refractivity (Wildman–Crippen MR) is 101 cm³/mol. The lowest BCUT2D eigenvalue weighted by molar-refractivity contribution is 0.190. The lowest BCUT2D eigenvalue weighted by Gasteiger charge is -2.11. The van der Waals surface area contributed by atoms with Gasteiger partial charge in [0.05, 0.1) is 11.8 Å². The molecule has 1 atom stereocenters. The first-order chi connectivity index (χ1) is 12.4. The van der Waals surface area contributed by atoms with Crippen LogP contribution in [0.4, 0.5) is 16.4 Å². The van der Waals surface area contributed by atoms with Crippen molar-refractivity contribution in [3.05, 3.63) is 42.4 Å². The van der Waals surface area contributed by atoms with E-state index in [-0.39, 0.29) is 6.54 Å². The van der Waals surface area contributed by atoms with Gasteiger partial charge in [0, 0.05) is 36.1 Å². The number of aliphatic hydroxyl groups is 1. The zero-order valence-electron chi connectivity index (χ0n) is 14.5. The van der Waals surface area contributed by atoms with Crippen LogP contribution in [0.25, 0.3) is 22.0 Å². The number of aromatic nitrogens is 3. The average molecular weight is 352 g/mol. The van der Waals surface area contributed by atoms with Gasteiger partial charge in [0.15, 0.2) is 0 Å². The highest BCUT2D eigenvalue weighted by molar-refractivity contribution is 5.96. The van der Waals surface area contributed by atoms with Gasteiger partial charge in [0.1, 0.15) is 11.6 Å². The maximum atomic E-state index is 11.8. The minimum atomic E-state index is -0.624. The number of nitrogen functional groups attached to an aromatic ring is 1. The van der Waals surface area contributed by atoms with E-state index >= 15 is 0 Å². The van der Waals surface area contributed by atoms with Crippen molar-refractivity contribution in [3.63, 3.8) is 0 Å². The van der Waals surface area contributed by atoms with Crippen LogP contribution in [0.5, 0.6) is 0 Å². The smallest absolute Gasteiger partial charge is 0.320 e. The van der Waals surface area contributed by atoms with E-state index in [0.717, 1.165) is 16.5 Å². The Morgan fingerprint density at radius 1 is 1.35 bits per heavy atom. The molecule has 134 valence electrons. The van der Waals surface area contributed by atoms with Gasteiger partial charge in [-0.1, -0.05) is 0 Å². The van der Waals surface area contributed by atoms with Crippen LogP contribution in [0.2, 0.25) is 0 Å². The van der Waals surface area contributed by atoms with Gasteiger partial charge in [-0.05, 0) is 43.0 Å². The SMILES string of the molecule is Cc1ccncc1-c1cc2cc(NC(=O)NC[C@H](C)O)ncc2c(N)n1. The lowest BCUT2D eigenvalue weighted by atomic mass is 10.1. The molecule has 0 saturated carbocycles. The summed E-state index contributed by atoms with van der Waals surface area (Å²) < 4.78 is 0. The fourth-order valence-corrected chi connectivity index (χ4v) is 2.51. The highest BCUT2D eigenvalue weighted by Crippen LogP contribution is 2.28. The quantitative estimate of drug-likeness (QED) is 0.569. The van der Waals surface area contributed by atoms with E-state index in [1.165, 1.54) is 0 Å². The van der Waals surface area contributed by atoms with Crippen molar-refractivity contribution in [3.8, 4) is 11.3 Å². The summed E-state index contributed by atoms with van der Waals surface area (Å²) in [6, 6.07) is 5.08. The Morgan fingerprint density at radius 2 is 2.15 bits per heavy atom. The van der Waals surface area contributed by atoms with Crippen LogP contribution in [0.15, 0.2) is 36.8 Å². The average Bonchev–Trinajstić information content (AvgIpc) is 2.60. The standard InChI is InChI=1S/C18H20N6O2/c1-10-3-4-20-8-13(10)15-5-12-6-16(21-9-14(12)17(19)23-15)24-18(26)22-7-11(2)25/h3-6,8-9,11,25H,7H2,1-2H3,(H2,19,23)(H2,21,22,24,26)/t11-/m0/s1. The number of pyridine rings is 3. The Hall–Kier alpha value is -3.26. The van der Waals surface area contributed by atoms with E-state index in [2.05, 4.69) is 25.6 Å². The number of urea groups is 1. The van der Waals surface area contributed by atoms with Crippen molar-refractivity contribution in [2.24, 2.45) is 0 Å². The molecule has 8 nitrogen and oxygen atoms in total. The number of fused-ring (bicyclic) bond motifs is 1. The van der Waals surface area contributed by atoms with Crippen molar-refractivity contribution < 1.29 is 9.90 Å². The maximum absolute atomic E-state index is 11.8. The molecule has 8 heteroatoms. The van der Waals surface area contributed by atoms with Gasteiger partial charge in [-0.25, -0.2) is 14.8 Å². The fraction of sp³-hybridized carbons (Fsp3) is 0.222. The molecule has 0 saturated heterocycles. The summed E-state index contributed by atoms with van der Waals surface area (Å²) in [6.07, 6.45) is 4.41. The molecule has 0 aliphatic heterocycles. The summed E-state index contributed by atoms with van der Waals surface area (Å²) in [5.41, 5.74) is 8.71. The van der Waals surface area contributed by atoms with E-state index in [1.807, 2.05) is 19.1 Å². The van der Waals surface area contributed by atoms with Crippen molar-refractivity contribution in [1.82, 2.24) is 20.3 Å². The van der Waals surface area contributed by atoms with E-state index in [9.17, 15) is 9.90 Å². The summed E-state index contributed by atoms with van der Waals surface area (Å²) in [6.45, 7) is 3.72. The van der Waals surface area contributed by atoms with Crippen LogP contribution in [0.3, 0.4) is 0 Å². The fourth-order valence-electron chi connectivity index (χ4n) is 2.51. The number of hydrogen-bond acceptors (Lipinski definition) is 6. The zero-order valence-corrected chi connectivity index (χ0v) is 14.5. The van der Waals surface area contributed by atoms with E-state index in [4.69, 9.17) is 5.73 Å². The third-order valence-electron chi connectivity index (χ3n) is 3.86. The van der Waals surface area contributed by atoms with Crippen molar-refractivity contribution in [1.29, 1.82) is 0 Å². The Kier molecular flexibility index (Phi) is 4.94. The Morgan fingerprint density at radius 3 is 2.88 bits per heavy atom. The Labute approximate surface area is 150 Å². The number of rotatable bonds is 4. The Bertz CT molecular complexity index is 958. The van der Waals surface area contributed by atoms with Gasteiger partial charge in [-0.2, -0.15) is 0 Å². The second kappa shape index (κ2) is 7.32. The van der Waals surface area contributed by atoms with Crippen LogP contribution in [-0.4, -0.2) is 38.7 Å². The molecule has 5 N–H and O–H groups in total. The molecule has 0 unspecified atom stereocenters. The molecular formula is C18H20N6O2. The first-order valence-electron chi connectivity index (χ1n) is 8.14. The third kappa shape index (κ3) is 3.86. The second-order valence-corrected chi connectivity index (χ2v) is 6.06. The third-order valence-corrected chi connectivity index (χ3v) is 3.86. The highest BCUT2D eigenvalue weighted by Gasteiger charge is 2.10. The second-order valence-electron chi connectivity index (χ2n) is 6.06. The normalized spacial score (nSPS) is 12.0. The number of nitrogens with one attached hydrogen (secondary N) is 2. The molecule has 3 aromatic heterocycles. The molecular weight excluding hydrogens is 332 g/mol. The zero-order chi connectivity index (χ0) is 18.7. The van der Waals surface area contributed by atoms with E-state index < -0.39 is 12.1 Å². The summed E-state index contributed by atoms with van der Waals surface area (Å²) in [4.78, 5) is 24.6. The maximum Gasteiger partial charge on any atom is 0.320 e. The molecule has 0 aromatic carbocycles. The highest BCUT2D eigenvalue weighted by atomic mass is 16.3. The van der Waals surface area contributed by atoms with Gasteiger partial charge in [0.2, 0.25) is 0 Å². The number of nitrogens with zero attached hydrogens (tertiary/aromatic N) is 3. The molecule has 0 aliphatic carbocycles. The van der Waals surface area contributed by atoms with Crippen LogP contribution < -0.4 is 16.4 Å². The number of carbonyl (C=O) groups is 1. The van der Waals surface area contributed by atoms with Gasteiger partial charge in [-0.3, -0.25) is 10.3 Å². The van der Waals surface area contributed by atoms with Crippen LogP contribution in [0, 0.1) is 6.92 Å². The van der Waals surface area contributed by atoms with Crippen LogP contribution in [-0.2, 0) is 0 Å². The monoisotopic (exact) mass is 352 g/mol. The summed E-state index contributed by atoms with van der Waals surface area (Å²) in [7, 11) is 0. The molecule has 26 heavy (non-hydrogen) atoms. The summed E-state index contributed by atoms with van der Waals surface area (Å²) in [5, 5.41) is 15.9. The number of amides is 2. The topological polar surface area (TPSA) is 126 Å². The predicted octanol–water partition coefficient (Wildman–Crippen LogP) is 2.08. The molecule has 3 heterocycles. The summed E-state index contributed by atoms with van der Waals surface area (Å²) >= 11 is 0. The van der Waals surface area contributed by atoms with E-state index in [0.29, 0.717) is 22.7 Å². The number of hydrogen-bond donors (Lipinski definition) is 4. The van der Waals surface area contributed by atoms with Gasteiger partial charge < -0.3 is 16.2 Å². The number of nitrogens with two attached hydrogens (primary N) is 1. The number of carbonyl (C=O) groups excluding carboxylic acids is 1. The van der Waals surface area contributed by atoms with E-state index in [1.54, 1.807) is 31.6 Å². The molecule has 3 rings (SSSR count). The summed E-state index contributed by atoms with van der Waals surface area (Å²) in [5.74, 6) is 0.735. The first kappa shape index (κ1) is 17.6. The van der Waals surface area contributed by atoms with Gasteiger partial charge in [-0.15, -0.1) is 0 Å². The molecule has 0 bridgehead atoms. The van der Waals surface area contributed by atoms with Crippen molar-refractivity contribution in [2.45, 2.75) is 20.0 Å². The molecule has 0 fully saturated rings. The molecule has 0 spiro atoms. The Balaban J connectivity index is 1.93. The first-order valence-corrected chi connectivity index (χ1v) is 8.14. The van der Waals surface area contributed by atoms with Crippen molar-refractivity contribution in [2.75, 3.05) is 17.6 Å². The van der Waals surface area contributed by atoms with Crippen LogP contribution >= 0.6 is 0 Å². The largest absolute Gasteiger partial charge is 0.392 e. The van der Waals surface area contributed by atoms with Crippen LogP contribution in [0.1, 0.15) is 12.5 Å². The molecule has 3 aromatic rings. The molecule has 0 radical (unpaired) electrons. The molecule has 2 amide bonds. The number of aliphatic hydroxyl groups excluding tert-OH is 1. The van der Waals surface area contributed by atoms with Crippen molar-refractivity contribution >= 4 is 28.4 Å².